The highest BCUT2D eigenvalue weighted by Gasteiger charge is 2.29. The predicted molar refractivity (Wildman–Crippen MR) is 65.3 cm³/mol. The molecule has 0 aromatic carbocycles. The highest BCUT2D eigenvalue weighted by Crippen LogP contribution is 2.25. The van der Waals surface area contributed by atoms with E-state index in [9.17, 15) is 4.79 Å². The molecule has 0 amide bonds. The molecule has 1 fully saturated rings. The Morgan fingerprint density at radius 2 is 2.19 bits per heavy atom. The smallest absolute Gasteiger partial charge is 0.307 e. The molecule has 0 aromatic rings. The second-order valence-corrected chi connectivity index (χ2v) is 4.96. The molecule has 1 aliphatic heterocycles. The second-order valence-electron chi connectivity index (χ2n) is 4.96. The first-order valence-electron chi connectivity index (χ1n) is 6.47. The maximum atomic E-state index is 11.4. The molecule has 0 aliphatic carbocycles. The van der Waals surface area contributed by atoms with Crippen LogP contribution in [-0.4, -0.2) is 36.1 Å². The number of rotatable bonds is 4. The van der Waals surface area contributed by atoms with Crippen LogP contribution in [0.5, 0.6) is 0 Å². The molecule has 3 nitrogen and oxygen atoms in total. The molecule has 3 unspecified atom stereocenters. The third kappa shape index (κ3) is 3.48. The van der Waals surface area contributed by atoms with Gasteiger partial charge >= 0.3 is 5.97 Å². The van der Waals surface area contributed by atoms with Gasteiger partial charge < -0.3 is 4.74 Å². The van der Waals surface area contributed by atoms with Crippen LogP contribution in [0.2, 0.25) is 0 Å². The Kier molecular flexibility index (Phi) is 5.26. The summed E-state index contributed by atoms with van der Waals surface area (Å²) in [5.74, 6) is 0.666. The molecular formula is C13H25NO2. The molecule has 1 aliphatic rings. The van der Waals surface area contributed by atoms with Crippen molar-refractivity contribution in [3.63, 3.8) is 0 Å². The SMILES string of the molecule is CCOC(=O)CC(C)N1CCCC(C)C1C. The molecule has 1 heterocycles. The van der Waals surface area contributed by atoms with Crippen molar-refractivity contribution in [3.8, 4) is 0 Å². The minimum Gasteiger partial charge on any atom is -0.466 e. The summed E-state index contributed by atoms with van der Waals surface area (Å²) < 4.78 is 5.00. The van der Waals surface area contributed by atoms with Crippen molar-refractivity contribution in [2.45, 2.75) is 59.0 Å². The Morgan fingerprint density at radius 3 is 2.81 bits per heavy atom. The lowest BCUT2D eigenvalue weighted by molar-refractivity contribution is -0.144. The minimum atomic E-state index is -0.0690. The van der Waals surface area contributed by atoms with Crippen molar-refractivity contribution in [1.29, 1.82) is 0 Å². The minimum absolute atomic E-state index is 0.0690. The van der Waals surface area contributed by atoms with Crippen LogP contribution < -0.4 is 0 Å². The first kappa shape index (κ1) is 13.5. The van der Waals surface area contributed by atoms with E-state index in [0.717, 1.165) is 12.5 Å². The third-order valence-corrected chi connectivity index (χ3v) is 3.76. The normalized spacial score (nSPS) is 28.8. The molecule has 16 heavy (non-hydrogen) atoms. The van der Waals surface area contributed by atoms with Gasteiger partial charge in [0.1, 0.15) is 0 Å². The van der Waals surface area contributed by atoms with Gasteiger partial charge in [-0.1, -0.05) is 6.92 Å². The van der Waals surface area contributed by atoms with Crippen LogP contribution in [0, 0.1) is 5.92 Å². The number of carbonyl (C=O) groups is 1. The summed E-state index contributed by atoms with van der Waals surface area (Å²) >= 11 is 0. The number of nitrogens with zero attached hydrogens (tertiary/aromatic N) is 1. The summed E-state index contributed by atoms with van der Waals surface area (Å²) in [5, 5.41) is 0. The molecule has 0 radical (unpaired) electrons. The van der Waals surface area contributed by atoms with Crippen LogP contribution in [0.25, 0.3) is 0 Å². The van der Waals surface area contributed by atoms with Crippen molar-refractivity contribution in [2.24, 2.45) is 5.92 Å². The summed E-state index contributed by atoms with van der Waals surface area (Å²) in [7, 11) is 0. The van der Waals surface area contributed by atoms with Crippen molar-refractivity contribution in [3.05, 3.63) is 0 Å². The maximum absolute atomic E-state index is 11.4. The van der Waals surface area contributed by atoms with E-state index in [1.54, 1.807) is 0 Å². The van der Waals surface area contributed by atoms with E-state index >= 15 is 0 Å². The second kappa shape index (κ2) is 6.24. The van der Waals surface area contributed by atoms with Crippen LogP contribution >= 0.6 is 0 Å². The summed E-state index contributed by atoms with van der Waals surface area (Å²) in [6.07, 6.45) is 3.08. The van der Waals surface area contributed by atoms with Gasteiger partial charge in [0.2, 0.25) is 0 Å². The van der Waals surface area contributed by atoms with Gasteiger partial charge in [-0.05, 0) is 46.1 Å². The highest BCUT2D eigenvalue weighted by molar-refractivity contribution is 5.70. The van der Waals surface area contributed by atoms with E-state index in [1.165, 1.54) is 12.8 Å². The van der Waals surface area contributed by atoms with Crippen LogP contribution in [0.3, 0.4) is 0 Å². The summed E-state index contributed by atoms with van der Waals surface area (Å²) in [4.78, 5) is 13.9. The largest absolute Gasteiger partial charge is 0.466 e. The third-order valence-electron chi connectivity index (χ3n) is 3.76. The number of esters is 1. The Balaban J connectivity index is 2.45. The molecule has 0 bridgehead atoms. The molecule has 94 valence electrons. The average Bonchev–Trinajstić information content (AvgIpc) is 2.22. The van der Waals surface area contributed by atoms with Gasteiger partial charge in [0.25, 0.3) is 0 Å². The molecule has 0 spiro atoms. The quantitative estimate of drug-likeness (QED) is 0.691. The van der Waals surface area contributed by atoms with Crippen molar-refractivity contribution in [1.82, 2.24) is 4.90 Å². The first-order chi connectivity index (χ1) is 7.56. The van der Waals surface area contributed by atoms with Crippen LogP contribution in [-0.2, 0) is 9.53 Å². The standard InChI is InChI=1S/C13H25NO2/c1-5-16-13(15)9-11(3)14-8-6-7-10(2)12(14)4/h10-12H,5-9H2,1-4H3. The van der Waals surface area contributed by atoms with Crippen LogP contribution in [0.1, 0.15) is 47.0 Å². The number of ether oxygens (including phenoxy) is 1. The van der Waals surface area contributed by atoms with Crippen molar-refractivity contribution < 1.29 is 9.53 Å². The number of carbonyl (C=O) groups excluding carboxylic acids is 1. The van der Waals surface area contributed by atoms with Gasteiger partial charge in [0.15, 0.2) is 0 Å². The van der Waals surface area contributed by atoms with E-state index in [1.807, 2.05) is 6.92 Å². The fourth-order valence-electron chi connectivity index (χ4n) is 2.57. The zero-order valence-electron chi connectivity index (χ0n) is 11.0. The van der Waals surface area contributed by atoms with Crippen LogP contribution in [0.15, 0.2) is 0 Å². The molecule has 1 saturated heterocycles. The Morgan fingerprint density at radius 1 is 1.50 bits per heavy atom. The van der Waals surface area contributed by atoms with Crippen molar-refractivity contribution >= 4 is 5.97 Å². The lowest BCUT2D eigenvalue weighted by atomic mass is 9.90. The molecule has 0 aromatic heterocycles. The fraction of sp³-hybridized carbons (Fsp3) is 0.923. The Hall–Kier alpha value is -0.570. The van der Waals surface area contributed by atoms with Crippen LogP contribution in [0.4, 0.5) is 0 Å². The Bertz CT molecular complexity index is 230. The number of hydrogen-bond acceptors (Lipinski definition) is 3. The first-order valence-corrected chi connectivity index (χ1v) is 6.47. The number of likely N-dealkylation sites (tertiary alicyclic amines) is 1. The topological polar surface area (TPSA) is 29.5 Å². The molecule has 0 N–H and O–H groups in total. The molecule has 3 atom stereocenters. The molecule has 3 heteroatoms. The summed E-state index contributed by atoms with van der Waals surface area (Å²) in [6.45, 7) is 10.2. The van der Waals surface area contributed by atoms with E-state index in [0.29, 0.717) is 25.1 Å². The van der Waals surface area contributed by atoms with Gasteiger partial charge in [-0.2, -0.15) is 0 Å². The number of piperidine rings is 1. The highest BCUT2D eigenvalue weighted by atomic mass is 16.5. The van der Waals surface area contributed by atoms with E-state index in [4.69, 9.17) is 4.74 Å². The zero-order chi connectivity index (χ0) is 12.1. The van der Waals surface area contributed by atoms with E-state index < -0.39 is 0 Å². The van der Waals surface area contributed by atoms with Gasteiger partial charge in [-0.25, -0.2) is 0 Å². The van der Waals surface area contributed by atoms with Crippen molar-refractivity contribution in [2.75, 3.05) is 13.2 Å². The summed E-state index contributed by atoms with van der Waals surface area (Å²) in [6, 6.07) is 0.884. The van der Waals surface area contributed by atoms with Gasteiger partial charge in [-0.15, -0.1) is 0 Å². The lowest BCUT2D eigenvalue weighted by Gasteiger charge is -2.41. The zero-order valence-corrected chi connectivity index (χ0v) is 11.0. The van der Waals surface area contributed by atoms with Gasteiger partial charge in [0.05, 0.1) is 13.0 Å². The van der Waals surface area contributed by atoms with Gasteiger partial charge in [0, 0.05) is 12.1 Å². The van der Waals surface area contributed by atoms with E-state index in [2.05, 4.69) is 25.7 Å². The molecular weight excluding hydrogens is 202 g/mol. The molecule has 1 rings (SSSR count). The fourth-order valence-corrected chi connectivity index (χ4v) is 2.57. The van der Waals surface area contributed by atoms with Gasteiger partial charge in [-0.3, -0.25) is 9.69 Å². The number of hydrogen-bond donors (Lipinski definition) is 0. The van der Waals surface area contributed by atoms with E-state index in [-0.39, 0.29) is 5.97 Å². The Labute approximate surface area is 99.1 Å². The molecule has 0 saturated carbocycles. The predicted octanol–water partition coefficient (Wildman–Crippen LogP) is 2.45. The monoisotopic (exact) mass is 227 g/mol. The average molecular weight is 227 g/mol. The summed E-state index contributed by atoms with van der Waals surface area (Å²) in [5.41, 5.74) is 0. The maximum Gasteiger partial charge on any atom is 0.307 e. The lowest BCUT2D eigenvalue weighted by Crippen LogP contribution is -2.47.